The van der Waals surface area contributed by atoms with Crippen molar-refractivity contribution in [1.82, 2.24) is 0 Å². The fourth-order valence-electron chi connectivity index (χ4n) is 3.32. The smallest absolute Gasteiger partial charge is 0.00882 e. The average Bonchev–Trinajstić information content (AvgIpc) is 2.62. The van der Waals surface area contributed by atoms with Crippen molar-refractivity contribution in [3.05, 3.63) is 93.9 Å². The van der Waals surface area contributed by atoms with Crippen LogP contribution in [0.25, 0.3) is 23.3 Å². The molecule has 0 radical (unpaired) electrons. The van der Waals surface area contributed by atoms with Crippen molar-refractivity contribution in [3.8, 4) is 11.1 Å². The lowest BCUT2D eigenvalue weighted by atomic mass is 9.94. The van der Waals surface area contributed by atoms with E-state index in [-0.39, 0.29) is 0 Å². The van der Waals surface area contributed by atoms with Crippen LogP contribution < -0.4 is 10.4 Å². The summed E-state index contributed by atoms with van der Waals surface area (Å²) in [4.78, 5) is 0. The summed E-state index contributed by atoms with van der Waals surface area (Å²) in [7, 11) is 0. The summed E-state index contributed by atoms with van der Waals surface area (Å²) in [6.45, 7) is 6.54. The van der Waals surface area contributed by atoms with Crippen molar-refractivity contribution in [2.45, 2.75) is 27.2 Å². The van der Waals surface area contributed by atoms with Gasteiger partial charge >= 0.3 is 0 Å². The minimum absolute atomic E-state index is 0.963. The van der Waals surface area contributed by atoms with Gasteiger partial charge in [0.25, 0.3) is 0 Å². The highest BCUT2D eigenvalue weighted by molar-refractivity contribution is 5.71. The number of benzene rings is 3. The number of hydrogen-bond donors (Lipinski definition) is 0. The molecule has 0 aliphatic heterocycles. The summed E-state index contributed by atoms with van der Waals surface area (Å²) >= 11 is 0. The van der Waals surface area contributed by atoms with Crippen molar-refractivity contribution in [2.75, 3.05) is 0 Å². The topological polar surface area (TPSA) is 0 Å². The third kappa shape index (κ3) is 3.33. The maximum atomic E-state index is 2.33. The third-order valence-electron chi connectivity index (χ3n) is 4.67. The number of rotatable bonds is 3. The predicted octanol–water partition coefficient (Wildman–Crippen LogP) is 4.79. The van der Waals surface area contributed by atoms with E-state index in [1.54, 1.807) is 0 Å². The van der Waals surface area contributed by atoms with E-state index in [2.05, 4.69) is 99.7 Å². The van der Waals surface area contributed by atoms with Crippen LogP contribution in [-0.2, 0) is 6.42 Å². The SMILES string of the molecule is C/C=c1/c(C)c(-c2ccccc2C)cc/c1=C/Cc1ccccc1. The maximum Gasteiger partial charge on any atom is -0.00882 e. The Kier molecular flexibility index (Phi) is 4.96. The lowest BCUT2D eigenvalue weighted by Crippen LogP contribution is -2.27. The van der Waals surface area contributed by atoms with E-state index >= 15 is 0 Å². The molecule has 0 saturated heterocycles. The van der Waals surface area contributed by atoms with Gasteiger partial charge in [-0.2, -0.15) is 0 Å². The molecule has 0 unspecified atom stereocenters. The second-order valence-corrected chi connectivity index (χ2v) is 6.24. The molecule has 0 nitrogen and oxygen atoms in total. The molecule has 0 fully saturated rings. The van der Waals surface area contributed by atoms with E-state index in [0.29, 0.717) is 0 Å². The first kappa shape index (κ1) is 16.3. The molecular formula is C24H24. The molecule has 3 rings (SSSR count). The zero-order chi connectivity index (χ0) is 16.9. The van der Waals surface area contributed by atoms with Crippen LogP contribution in [0.5, 0.6) is 0 Å². The van der Waals surface area contributed by atoms with Gasteiger partial charge in [-0.3, -0.25) is 0 Å². The van der Waals surface area contributed by atoms with Crippen LogP contribution in [0, 0.1) is 13.8 Å². The Morgan fingerprint density at radius 3 is 2.17 bits per heavy atom. The zero-order valence-electron chi connectivity index (χ0n) is 14.7. The van der Waals surface area contributed by atoms with Crippen molar-refractivity contribution >= 4 is 12.2 Å². The van der Waals surface area contributed by atoms with Gasteiger partial charge in [-0.1, -0.05) is 78.9 Å². The summed E-state index contributed by atoms with van der Waals surface area (Å²) in [5.74, 6) is 0. The third-order valence-corrected chi connectivity index (χ3v) is 4.67. The van der Waals surface area contributed by atoms with Crippen LogP contribution in [-0.4, -0.2) is 0 Å². The molecule has 0 aliphatic rings. The van der Waals surface area contributed by atoms with Crippen molar-refractivity contribution in [1.29, 1.82) is 0 Å². The van der Waals surface area contributed by atoms with Gasteiger partial charge in [-0.05, 0) is 65.4 Å². The summed E-state index contributed by atoms with van der Waals surface area (Å²) in [5.41, 5.74) is 6.68. The molecule has 0 aliphatic carbocycles. The first-order valence-electron chi connectivity index (χ1n) is 8.57. The summed E-state index contributed by atoms with van der Waals surface area (Å²) in [6, 6.07) is 23.8. The van der Waals surface area contributed by atoms with Crippen LogP contribution in [0.3, 0.4) is 0 Å². The Morgan fingerprint density at radius 2 is 1.46 bits per heavy atom. The molecule has 0 N–H and O–H groups in total. The van der Waals surface area contributed by atoms with Gasteiger partial charge in [0.15, 0.2) is 0 Å². The largest absolute Gasteiger partial charge is 0.0795 e. The normalized spacial score (nSPS) is 12.6. The Hall–Kier alpha value is -2.60. The molecule has 3 aromatic carbocycles. The maximum absolute atomic E-state index is 2.33. The molecule has 0 aromatic heterocycles. The van der Waals surface area contributed by atoms with E-state index in [1.807, 2.05) is 0 Å². The Labute approximate surface area is 144 Å². The Balaban J connectivity index is 2.08. The van der Waals surface area contributed by atoms with Crippen LogP contribution in [0.15, 0.2) is 66.7 Å². The highest BCUT2D eigenvalue weighted by atomic mass is 14.1. The van der Waals surface area contributed by atoms with E-state index in [1.165, 1.54) is 38.3 Å². The molecule has 0 bridgehead atoms. The number of aryl methyl sites for hydroxylation is 1. The molecule has 0 saturated carbocycles. The van der Waals surface area contributed by atoms with Crippen LogP contribution >= 0.6 is 0 Å². The molecule has 0 heterocycles. The zero-order valence-corrected chi connectivity index (χ0v) is 14.7. The Bertz CT molecular complexity index is 947. The second-order valence-electron chi connectivity index (χ2n) is 6.24. The standard InChI is InChI=1S/C24H24/c1-4-22-19(3)24(23-13-9-8-10-18(23)2)17-16-21(22)15-14-20-11-6-5-7-12-20/h4-13,15-17H,14H2,1-3H3/b21-15-,22-4-. The van der Waals surface area contributed by atoms with Gasteiger partial charge in [-0.25, -0.2) is 0 Å². The first-order chi connectivity index (χ1) is 11.7. The monoisotopic (exact) mass is 312 g/mol. The van der Waals surface area contributed by atoms with Gasteiger partial charge in [0.05, 0.1) is 0 Å². The van der Waals surface area contributed by atoms with Crippen LogP contribution in [0.4, 0.5) is 0 Å². The van der Waals surface area contributed by atoms with E-state index in [0.717, 1.165) is 6.42 Å². The summed E-state index contributed by atoms with van der Waals surface area (Å²) in [6.07, 6.45) is 5.53. The molecule has 0 amide bonds. The van der Waals surface area contributed by atoms with Crippen LogP contribution in [0.1, 0.15) is 23.6 Å². The molecule has 0 atom stereocenters. The van der Waals surface area contributed by atoms with Crippen molar-refractivity contribution in [3.63, 3.8) is 0 Å². The molecule has 0 spiro atoms. The van der Waals surface area contributed by atoms with Gasteiger partial charge < -0.3 is 0 Å². The second kappa shape index (κ2) is 7.31. The summed E-state index contributed by atoms with van der Waals surface area (Å²) < 4.78 is 0. The first-order valence-corrected chi connectivity index (χ1v) is 8.57. The van der Waals surface area contributed by atoms with Crippen molar-refractivity contribution in [2.24, 2.45) is 0 Å². The lowest BCUT2D eigenvalue weighted by Gasteiger charge is -2.10. The fraction of sp³-hybridized carbons (Fsp3) is 0.167. The van der Waals surface area contributed by atoms with E-state index in [9.17, 15) is 0 Å². The highest BCUT2D eigenvalue weighted by Gasteiger charge is 2.05. The van der Waals surface area contributed by atoms with E-state index in [4.69, 9.17) is 0 Å². The molecule has 3 aromatic rings. The molecular weight excluding hydrogens is 288 g/mol. The lowest BCUT2D eigenvalue weighted by molar-refractivity contribution is 1.29. The van der Waals surface area contributed by atoms with Gasteiger partial charge in [0.2, 0.25) is 0 Å². The van der Waals surface area contributed by atoms with Crippen LogP contribution in [0.2, 0.25) is 0 Å². The molecule has 0 heteroatoms. The van der Waals surface area contributed by atoms with Gasteiger partial charge in [0, 0.05) is 0 Å². The van der Waals surface area contributed by atoms with Crippen molar-refractivity contribution < 1.29 is 0 Å². The predicted molar refractivity (Wildman–Crippen MR) is 105 cm³/mol. The minimum Gasteiger partial charge on any atom is -0.0795 e. The summed E-state index contributed by atoms with van der Waals surface area (Å²) in [5, 5.41) is 2.66. The Morgan fingerprint density at radius 1 is 0.750 bits per heavy atom. The van der Waals surface area contributed by atoms with Gasteiger partial charge in [-0.15, -0.1) is 0 Å². The molecule has 120 valence electrons. The number of hydrogen-bond acceptors (Lipinski definition) is 0. The minimum atomic E-state index is 0.963. The fourth-order valence-corrected chi connectivity index (χ4v) is 3.32. The quantitative estimate of drug-likeness (QED) is 0.652. The highest BCUT2D eigenvalue weighted by Crippen LogP contribution is 2.23. The average molecular weight is 312 g/mol. The van der Waals surface area contributed by atoms with E-state index < -0.39 is 0 Å². The molecule has 24 heavy (non-hydrogen) atoms. The van der Waals surface area contributed by atoms with Gasteiger partial charge in [0.1, 0.15) is 0 Å².